The maximum atomic E-state index is 12.9. The maximum absolute atomic E-state index is 12.9. The highest BCUT2D eigenvalue weighted by atomic mass is 16.4. The fourth-order valence-electron chi connectivity index (χ4n) is 4.33. The molecule has 5 atom stereocenters. The van der Waals surface area contributed by atoms with Gasteiger partial charge in [-0.1, -0.05) is 19.8 Å². The lowest BCUT2D eigenvalue weighted by Crippen LogP contribution is -2.49. The van der Waals surface area contributed by atoms with E-state index in [-0.39, 0.29) is 17.9 Å². The number of carboxylic acid groups (broad SMARTS) is 1. The molecule has 2 N–H and O–H groups in total. The van der Waals surface area contributed by atoms with Crippen molar-refractivity contribution in [1.82, 2.24) is 10.2 Å². The van der Waals surface area contributed by atoms with Crippen molar-refractivity contribution < 1.29 is 14.7 Å². The molecule has 112 valence electrons. The highest BCUT2D eigenvalue weighted by Gasteiger charge is 2.49. The normalized spacial score (nSPS) is 40.6. The lowest BCUT2D eigenvalue weighted by Gasteiger charge is -2.35. The van der Waals surface area contributed by atoms with Crippen LogP contribution in [0.15, 0.2) is 0 Å². The van der Waals surface area contributed by atoms with E-state index in [2.05, 4.69) is 12.2 Å². The zero-order valence-electron chi connectivity index (χ0n) is 12.0. The molecular formula is C15H24N2O3. The van der Waals surface area contributed by atoms with Crippen molar-refractivity contribution in [3.05, 3.63) is 0 Å². The molecule has 1 amide bonds. The van der Waals surface area contributed by atoms with Crippen molar-refractivity contribution in [2.45, 2.75) is 51.1 Å². The number of hydrogen-bond acceptors (Lipinski definition) is 3. The van der Waals surface area contributed by atoms with E-state index in [1.807, 2.05) is 0 Å². The number of aliphatic carboxylic acids is 1. The van der Waals surface area contributed by atoms with Crippen LogP contribution in [0, 0.1) is 17.8 Å². The van der Waals surface area contributed by atoms with E-state index in [1.165, 1.54) is 6.42 Å². The Kier molecular flexibility index (Phi) is 3.71. The summed E-state index contributed by atoms with van der Waals surface area (Å²) in [5, 5.41) is 12.7. The SMILES string of the molecule is C[C@@H]1CNC[C@H]1C(=O)N1C(C(=O)O)CC2CCCCC21. The van der Waals surface area contributed by atoms with E-state index >= 15 is 0 Å². The number of nitrogens with one attached hydrogen (secondary N) is 1. The first kappa shape index (κ1) is 13.9. The summed E-state index contributed by atoms with van der Waals surface area (Å²) in [6, 6.07) is -0.423. The Bertz CT molecular complexity index is 412. The van der Waals surface area contributed by atoms with Crippen LogP contribution in [0.4, 0.5) is 0 Å². The number of rotatable bonds is 2. The van der Waals surface area contributed by atoms with Gasteiger partial charge in [0.05, 0.1) is 5.92 Å². The van der Waals surface area contributed by atoms with Crippen LogP contribution in [0.25, 0.3) is 0 Å². The Morgan fingerprint density at radius 1 is 1.20 bits per heavy atom. The Morgan fingerprint density at radius 3 is 2.60 bits per heavy atom. The van der Waals surface area contributed by atoms with E-state index in [4.69, 9.17) is 0 Å². The average Bonchev–Trinajstić information content (AvgIpc) is 3.01. The van der Waals surface area contributed by atoms with Crippen LogP contribution in [0.1, 0.15) is 39.0 Å². The molecule has 2 heterocycles. The van der Waals surface area contributed by atoms with Gasteiger partial charge >= 0.3 is 5.97 Å². The van der Waals surface area contributed by atoms with Gasteiger partial charge in [-0.05, 0) is 37.6 Å². The Balaban J connectivity index is 1.83. The van der Waals surface area contributed by atoms with Gasteiger partial charge in [-0.15, -0.1) is 0 Å². The fraction of sp³-hybridized carbons (Fsp3) is 0.867. The third kappa shape index (κ3) is 2.22. The van der Waals surface area contributed by atoms with E-state index in [0.717, 1.165) is 25.8 Å². The number of likely N-dealkylation sites (tertiary alicyclic amines) is 1. The molecular weight excluding hydrogens is 256 g/mol. The number of hydrogen-bond donors (Lipinski definition) is 2. The summed E-state index contributed by atoms with van der Waals surface area (Å²) in [6.07, 6.45) is 5.01. The van der Waals surface area contributed by atoms with E-state index in [1.54, 1.807) is 4.90 Å². The van der Waals surface area contributed by atoms with Crippen LogP contribution in [0.5, 0.6) is 0 Å². The molecule has 2 aliphatic heterocycles. The first-order valence-corrected chi connectivity index (χ1v) is 7.85. The summed E-state index contributed by atoms with van der Waals surface area (Å²) in [6.45, 7) is 3.63. The molecule has 3 unspecified atom stereocenters. The first-order valence-electron chi connectivity index (χ1n) is 7.85. The molecule has 0 spiro atoms. The third-order valence-electron chi connectivity index (χ3n) is 5.46. The molecule has 1 saturated carbocycles. The quantitative estimate of drug-likeness (QED) is 0.794. The minimum absolute atomic E-state index is 0.0440. The van der Waals surface area contributed by atoms with Gasteiger partial charge in [0.25, 0.3) is 0 Å². The predicted octanol–water partition coefficient (Wildman–Crippen LogP) is 1.09. The van der Waals surface area contributed by atoms with Crippen molar-refractivity contribution in [3.63, 3.8) is 0 Å². The molecule has 0 radical (unpaired) electrons. The molecule has 3 fully saturated rings. The van der Waals surface area contributed by atoms with E-state index < -0.39 is 12.0 Å². The van der Waals surface area contributed by atoms with Crippen LogP contribution in [0.2, 0.25) is 0 Å². The smallest absolute Gasteiger partial charge is 0.326 e. The zero-order chi connectivity index (χ0) is 14.3. The molecule has 0 bridgehead atoms. The summed E-state index contributed by atoms with van der Waals surface area (Å²) in [5.41, 5.74) is 0. The fourth-order valence-corrected chi connectivity index (χ4v) is 4.33. The van der Waals surface area contributed by atoms with Crippen LogP contribution in [-0.4, -0.2) is 47.1 Å². The number of nitrogens with zero attached hydrogens (tertiary/aromatic N) is 1. The van der Waals surface area contributed by atoms with Gasteiger partial charge < -0.3 is 15.3 Å². The summed E-state index contributed by atoms with van der Waals surface area (Å²) < 4.78 is 0. The first-order chi connectivity index (χ1) is 9.59. The van der Waals surface area contributed by atoms with Gasteiger partial charge in [-0.2, -0.15) is 0 Å². The predicted molar refractivity (Wildman–Crippen MR) is 74.2 cm³/mol. The van der Waals surface area contributed by atoms with E-state index in [0.29, 0.717) is 24.8 Å². The summed E-state index contributed by atoms with van der Waals surface area (Å²) in [7, 11) is 0. The Labute approximate surface area is 119 Å². The molecule has 5 heteroatoms. The second kappa shape index (κ2) is 5.35. The maximum Gasteiger partial charge on any atom is 0.326 e. The van der Waals surface area contributed by atoms with Gasteiger partial charge in [0.15, 0.2) is 0 Å². The number of amides is 1. The van der Waals surface area contributed by atoms with Crippen molar-refractivity contribution in [2.24, 2.45) is 17.8 Å². The summed E-state index contributed by atoms with van der Waals surface area (Å²) >= 11 is 0. The van der Waals surface area contributed by atoms with Crippen molar-refractivity contribution in [3.8, 4) is 0 Å². The number of carbonyl (C=O) groups is 2. The average molecular weight is 280 g/mol. The van der Waals surface area contributed by atoms with Crippen molar-refractivity contribution in [1.29, 1.82) is 0 Å². The molecule has 0 aromatic heterocycles. The minimum Gasteiger partial charge on any atom is -0.480 e. The molecule has 0 aromatic carbocycles. The Hall–Kier alpha value is -1.10. The van der Waals surface area contributed by atoms with Gasteiger partial charge in [-0.3, -0.25) is 4.79 Å². The molecule has 5 nitrogen and oxygen atoms in total. The molecule has 0 aromatic rings. The number of fused-ring (bicyclic) bond motifs is 1. The van der Waals surface area contributed by atoms with Gasteiger partial charge in [0.1, 0.15) is 6.04 Å². The molecule has 3 aliphatic rings. The monoisotopic (exact) mass is 280 g/mol. The van der Waals surface area contributed by atoms with Crippen molar-refractivity contribution in [2.75, 3.05) is 13.1 Å². The standard InChI is InChI=1S/C15H24N2O3/c1-9-7-16-8-11(9)14(18)17-12-5-3-2-4-10(12)6-13(17)15(19)20/h9-13,16H,2-8H2,1H3,(H,19,20)/t9-,10?,11-,12?,13?/m1/s1. The summed E-state index contributed by atoms with van der Waals surface area (Å²) in [4.78, 5) is 26.1. The van der Waals surface area contributed by atoms with Gasteiger partial charge in [0.2, 0.25) is 5.91 Å². The van der Waals surface area contributed by atoms with Crippen LogP contribution in [-0.2, 0) is 9.59 Å². The summed E-state index contributed by atoms with van der Waals surface area (Å²) in [5.74, 6) is -0.0914. The van der Waals surface area contributed by atoms with Crippen molar-refractivity contribution >= 4 is 11.9 Å². The Morgan fingerprint density at radius 2 is 1.95 bits per heavy atom. The topological polar surface area (TPSA) is 69.6 Å². The molecule has 3 rings (SSSR count). The number of carboxylic acids is 1. The highest BCUT2D eigenvalue weighted by molar-refractivity contribution is 5.86. The third-order valence-corrected chi connectivity index (χ3v) is 5.46. The largest absolute Gasteiger partial charge is 0.480 e. The van der Waals surface area contributed by atoms with Gasteiger partial charge in [-0.25, -0.2) is 4.79 Å². The van der Waals surface area contributed by atoms with Crippen LogP contribution in [0.3, 0.4) is 0 Å². The number of carbonyl (C=O) groups excluding carboxylic acids is 1. The lowest BCUT2D eigenvalue weighted by molar-refractivity contribution is -0.152. The van der Waals surface area contributed by atoms with Crippen LogP contribution < -0.4 is 5.32 Å². The second-order valence-corrected chi connectivity index (χ2v) is 6.69. The highest BCUT2D eigenvalue weighted by Crippen LogP contribution is 2.41. The minimum atomic E-state index is -0.827. The van der Waals surface area contributed by atoms with Gasteiger partial charge in [0, 0.05) is 12.6 Å². The molecule has 1 aliphatic carbocycles. The van der Waals surface area contributed by atoms with E-state index in [9.17, 15) is 14.7 Å². The lowest BCUT2D eigenvalue weighted by atomic mass is 9.84. The molecule has 2 saturated heterocycles. The second-order valence-electron chi connectivity index (χ2n) is 6.69. The van der Waals surface area contributed by atoms with Crippen LogP contribution >= 0.6 is 0 Å². The molecule has 20 heavy (non-hydrogen) atoms. The zero-order valence-corrected chi connectivity index (χ0v) is 12.0.